The van der Waals surface area contributed by atoms with Gasteiger partial charge in [-0.2, -0.15) is 5.10 Å². The van der Waals surface area contributed by atoms with Crippen LogP contribution in [0.5, 0.6) is 0 Å². The normalized spacial score (nSPS) is 20.2. The molecule has 2 heterocycles. The van der Waals surface area contributed by atoms with Gasteiger partial charge in [-0.15, -0.1) is 0 Å². The second kappa shape index (κ2) is 7.05. The number of halogens is 1. The molecule has 0 amide bonds. The Balaban J connectivity index is 1.82. The van der Waals surface area contributed by atoms with E-state index in [4.69, 9.17) is 0 Å². The second-order valence-electron chi connectivity index (χ2n) is 6.04. The third-order valence-corrected chi connectivity index (χ3v) is 5.26. The summed E-state index contributed by atoms with van der Waals surface area (Å²) in [6.45, 7) is 14.2. The van der Waals surface area contributed by atoms with E-state index < -0.39 is 0 Å². The number of nitrogens with one attached hydrogen (secondary N) is 1. The summed E-state index contributed by atoms with van der Waals surface area (Å²) in [5.41, 5.74) is 2.35. The summed E-state index contributed by atoms with van der Waals surface area (Å²) >= 11 is 3.65. The Kier molecular flexibility index (Phi) is 5.64. The topological polar surface area (TPSA) is 33.1 Å². The van der Waals surface area contributed by atoms with Crippen molar-refractivity contribution in [2.45, 2.75) is 53.2 Å². The molecule has 4 nitrogen and oxygen atoms in total. The lowest BCUT2D eigenvalue weighted by atomic mass is 10.1. The summed E-state index contributed by atoms with van der Waals surface area (Å²) in [6, 6.07) is 0.679. The molecule has 1 unspecified atom stereocenters. The maximum atomic E-state index is 4.54. The fourth-order valence-electron chi connectivity index (χ4n) is 2.93. The van der Waals surface area contributed by atoms with Crippen LogP contribution < -0.4 is 5.32 Å². The predicted octanol–water partition coefficient (Wildman–Crippen LogP) is 2.79. The first kappa shape index (κ1) is 16.0. The van der Waals surface area contributed by atoms with E-state index in [1.165, 1.54) is 25.2 Å². The van der Waals surface area contributed by atoms with Gasteiger partial charge in [-0.1, -0.05) is 0 Å². The number of hydrogen-bond acceptors (Lipinski definition) is 3. The van der Waals surface area contributed by atoms with Gasteiger partial charge in [0.1, 0.15) is 0 Å². The van der Waals surface area contributed by atoms with E-state index in [2.05, 4.69) is 63.6 Å². The predicted molar refractivity (Wildman–Crippen MR) is 86.9 cm³/mol. The van der Waals surface area contributed by atoms with Crippen molar-refractivity contribution in [3.05, 3.63) is 15.9 Å². The van der Waals surface area contributed by atoms with Crippen LogP contribution in [0.25, 0.3) is 0 Å². The van der Waals surface area contributed by atoms with Gasteiger partial charge in [0.15, 0.2) is 0 Å². The molecule has 0 aliphatic carbocycles. The first-order valence-electron chi connectivity index (χ1n) is 7.69. The number of nitrogens with zero attached hydrogens (tertiary/aromatic N) is 3. The van der Waals surface area contributed by atoms with Crippen LogP contribution >= 0.6 is 15.9 Å². The van der Waals surface area contributed by atoms with E-state index in [9.17, 15) is 0 Å². The Morgan fingerprint density at radius 3 is 2.80 bits per heavy atom. The summed E-state index contributed by atoms with van der Waals surface area (Å²) in [6.07, 6.45) is 1.32. The Morgan fingerprint density at radius 1 is 1.45 bits per heavy atom. The molecule has 1 atom stereocenters. The van der Waals surface area contributed by atoms with Crippen LogP contribution in [0, 0.1) is 12.8 Å². The van der Waals surface area contributed by atoms with Crippen molar-refractivity contribution in [2.24, 2.45) is 5.92 Å². The third-order valence-electron chi connectivity index (χ3n) is 4.23. The van der Waals surface area contributed by atoms with Gasteiger partial charge in [0.2, 0.25) is 0 Å². The van der Waals surface area contributed by atoms with Crippen molar-refractivity contribution in [1.29, 1.82) is 0 Å². The fourth-order valence-corrected chi connectivity index (χ4v) is 3.35. The number of aromatic nitrogens is 2. The van der Waals surface area contributed by atoms with Crippen molar-refractivity contribution < 1.29 is 0 Å². The van der Waals surface area contributed by atoms with E-state index >= 15 is 0 Å². The Morgan fingerprint density at radius 2 is 2.20 bits per heavy atom. The zero-order chi connectivity index (χ0) is 14.7. The molecule has 114 valence electrons. The fraction of sp³-hybridized carbons (Fsp3) is 0.800. The van der Waals surface area contributed by atoms with E-state index in [1.54, 1.807) is 0 Å². The van der Waals surface area contributed by atoms with Gasteiger partial charge >= 0.3 is 0 Å². The number of hydrogen-bond donors (Lipinski definition) is 1. The molecule has 1 aliphatic rings. The molecular formula is C15H27BrN4. The molecule has 1 aromatic rings. The zero-order valence-corrected chi connectivity index (χ0v) is 14.7. The summed E-state index contributed by atoms with van der Waals surface area (Å²) < 4.78 is 3.24. The number of aryl methyl sites for hydroxylation is 2. The molecule has 0 radical (unpaired) electrons. The Bertz CT molecular complexity index is 441. The maximum Gasteiger partial charge on any atom is 0.0739 e. The van der Waals surface area contributed by atoms with Crippen LogP contribution in [0.2, 0.25) is 0 Å². The maximum absolute atomic E-state index is 4.54. The third kappa shape index (κ3) is 3.62. The van der Waals surface area contributed by atoms with Gasteiger partial charge in [-0.25, -0.2) is 0 Å². The van der Waals surface area contributed by atoms with E-state index in [0.29, 0.717) is 6.04 Å². The molecule has 0 aromatic carbocycles. The van der Waals surface area contributed by atoms with Crippen LogP contribution in [0.15, 0.2) is 4.47 Å². The highest BCUT2D eigenvalue weighted by Crippen LogP contribution is 2.21. The van der Waals surface area contributed by atoms with Crippen LogP contribution in [0.3, 0.4) is 0 Å². The van der Waals surface area contributed by atoms with Crippen LogP contribution in [-0.2, 0) is 13.1 Å². The van der Waals surface area contributed by atoms with Gasteiger partial charge in [0, 0.05) is 25.7 Å². The van der Waals surface area contributed by atoms with Crippen LogP contribution in [-0.4, -0.2) is 40.4 Å². The molecule has 20 heavy (non-hydrogen) atoms. The van der Waals surface area contributed by atoms with Crippen molar-refractivity contribution in [2.75, 3.05) is 19.6 Å². The molecule has 0 bridgehead atoms. The number of likely N-dealkylation sites (tertiary alicyclic amines) is 1. The lowest BCUT2D eigenvalue weighted by molar-refractivity contribution is 0.264. The average Bonchev–Trinajstić information content (AvgIpc) is 2.98. The molecule has 1 fully saturated rings. The largest absolute Gasteiger partial charge is 0.311 e. The minimum Gasteiger partial charge on any atom is -0.311 e. The van der Waals surface area contributed by atoms with E-state index in [-0.39, 0.29) is 0 Å². The highest BCUT2D eigenvalue weighted by atomic mass is 79.9. The van der Waals surface area contributed by atoms with E-state index in [1.807, 2.05) is 0 Å². The molecule has 2 rings (SSSR count). The Labute approximate surface area is 131 Å². The smallest absolute Gasteiger partial charge is 0.0739 e. The molecule has 0 saturated carbocycles. The van der Waals surface area contributed by atoms with Gasteiger partial charge in [0.05, 0.1) is 15.9 Å². The van der Waals surface area contributed by atoms with Gasteiger partial charge in [-0.3, -0.25) is 4.68 Å². The quantitative estimate of drug-likeness (QED) is 0.862. The minimum absolute atomic E-state index is 0.679. The van der Waals surface area contributed by atoms with Crippen molar-refractivity contribution in [1.82, 2.24) is 20.0 Å². The lowest BCUT2D eigenvalue weighted by Crippen LogP contribution is -2.30. The summed E-state index contributed by atoms with van der Waals surface area (Å²) in [7, 11) is 0. The van der Waals surface area contributed by atoms with Gasteiger partial charge in [0.25, 0.3) is 0 Å². The Hall–Kier alpha value is -0.390. The SMILES string of the molecule is CCn1nc(C)c(Br)c1CNCC1CCN(C(C)C)C1. The minimum atomic E-state index is 0.679. The van der Waals surface area contributed by atoms with Crippen molar-refractivity contribution in [3.63, 3.8) is 0 Å². The molecule has 1 saturated heterocycles. The van der Waals surface area contributed by atoms with E-state index in [0.717, 1.165) is 35.7 Å². The highest BCUT2D eigenvalue weighted by Gasteiger charge is 2.23. The molecule has 0 spiro atoms. The lowest BCUT2D eigenvalue weighted by Gasteiger charge is -2.20. The molecule has 1 aromatic heterocycles. The van der Waals surface area contributed by atoms with Crippen molar-refractivity contribution in [3.8, 4) is 0 Å². The molecule has 1 aliphatic heterocycles. The average molecular weight is 343 g/mol. The first-order chi connectivity index (χ1) is 9.52. The summed E-state index contributed by atoms with van der Waals surface area (Å²) in [4.78, 5) is 2.57. The van der Waals surface area contributed by atoms with Crippen LogP contribution in [0.1, 0.15) is 38.6 Å². The van der Waals surface area contributed by atoms with Gasteiger partial charge < -0.3 is 10.2 Å². The van der Waals surface area contributed by atoms with Crippen molar-refractivity contribution >= 4 is 15.9 Å². The zero-order valence-electron chi connectivity index (χ0n) is 13.1. The van der Waals surface area contributed by atoms with Crippen LogP contribution in [0.4, 0.5) is 0 Å². The standard InChI is InChI=1S/C15H27BrN4/c1-5-20-14(15(16)12(4)18-20)9-17-8-13-6-7-19(10-13)11(2)3/h11,13,17H,5-10H2,1-4H3. The molecular weight excluding hydrogens is 316 g/mol. The second-order valence-corrected chi connectivity index (χ2v) is 6.83. The monoisotopic (exact) mass is 342 g/mol. The van der Waals surface area contributed by atoms with Gasteiger partial charge in [-0.05, 0) is 69.1 Å². The number of rotatable bonds is 6. The summed E-state index contributed by atoms with van der Waals surface area (Å²) in [5, 5.41) is 8.15. The molecule has 1 N–H and O–H groups in total. The first-order valence-corrected chi connectivity index (χ1v) is 8.48. The summed E-state index contributed by atoms with van der Waals surface area (Å²) in [5.74, 6) is 0.787. The highest BCUT2D eigenvalue weighted by molar-refractivity contribution is 9.10. The molecule has 5 heteroatoms.